The molecule has 6 heteroatoms. The van der Waals surface area contributed by atoms with E-state index >= 15 is 0 Å². The van der Waals surface area contributed by atoms with Crippen molar-refractivity contribution < 1.29 is 14.4 Å². The zero-order valence-electron chi connectivity index (χ0n) is 13.0. The first kappa shape index (κ1) is 16.5. The number of likely N-dealkylation sites (N-methyl/N-ethyl adjacent to an activating group) is 1. The molecule has 0 spiro atoms. The summed E-state index contributed by atoms with van der Waals surface area (Å²) in [6.45, 7) is 7.69. The first-order chi connectivity index (χ1) is 9.07. The number of hydrogen-bond acceptors (Lipinski definition) is 3. The summed E-state index contributed by atoms with van der Waals surface area (Å²) in [5.74, 6) is -0.799. The predicted octanol–water partition coefficient (Wildman–Crippen LogP) is 0.356. The van der Waals surface area contributed by atoms with Gasteiger partial charge in [-0.25, -0.2) is 0 Å². The number of amides is 3. The van der Waals surface area contributed by atoms with Gasteiger partial charge in [0.2, 0.25) is 17.7 Å². The molecule has 0 bridgehead atoms. The monoisotopic (exact) mass is 283 g/mol. The van der Waals surface area contributed by atoms with E-state index in [1.165, 1.54) is 4.90 Å². The zero-order chi connectivity index (χ0) is 15.7. The van der Waals surface area contributed by atoms with E-state index in [9.17, 15) is 14.4 Å². The molecule has 1 aliphatic heterocycles. The fourth-order valence-corrected chi connectivity index (χ4v) is 2.31. The molecule has 0 aromatic heterocycles. The molecule has 1 heterocycles. The van der Waals surface area contributed by atoms with Gasteiger partial charge in [-0.3, -0.25) is 14.4 Å². The van der Waals surface area contributed by atoms with Crippen molar-refractivity contribution in [2.24, 2.45) is 11.1 Å². The SMILES string of the molecule is C[C@H](C(N)=O)N(C)C(=O)[C@@H]1CCCN1C(=O)C(C)(C)C. The van der Waals surface area contributed by atoms with Gasteiger partial charge in [0.05, 0.1) is 0 Å². The number of nitrogens with zero attached hydrogens (tertiary/aromatic N) is 2. The molecule has 20 heavy (non-hydrogen) atoms. The third-order valence-electron chi connectivity index (χ3n) is 3.78. The van der Waals surface area contributed by atoms with Crippen LogP contribution in [0.25, 0.3) is 0 Å². The molecule has 0 aromatic carbocycles. The lowest BCUT2D eigenvalue weighted by Crippen LogP contribution is -2.53. The van der Waals surface area contributed by atoms with Crippen LogP contribution in [-0.4, -0.2) is 53.2 Å². The normalized spacial score (nSPS) is 20.6. The molecule has 1 rings (SSSR count). The van der Waals surface area contributed by atoms with Gasteiger partial charge in [-0.15, -0.1) is 0 Å². The largest absolute Gasteiger partial charge is 0.368 e. The third-order valence-corrected chi connectivity index (χ3v) is 3.78. The molecule has 0 aromatic rings. The Labute approximate surface area is 120 Å². The molecule has 0 unspecified atom stereocenters. The highest BCUT2D eigenvalue weighted by Crippen LogP contribution is 2.26. The fourth-order valence-electron chi connectivity index (χ4n) is 2.31. The summed E-state index contributed by atoms with van der Waals surface area (Å²) in [5.41, 5.74) is 4.71. The van der Waals surface area contributed by atoms with Gasteiger partial charge in [0.15, 0.2) is 0 Å². The van der Waals surface area contributed by atoms with Crippen molar-refractivity contribution in [2.45, 2.75) is 52.6 Å². The lowest BCUT2D eigenvalue weighted by molar-refractivity contribution is -0.149. The van der Waals surface area contributed by atoms with Gasteiger partial charge >= 0.3 is 0 Å². The number of primary amides is 1. The van der Waals surface area contributed by atoms with Crippen LogP contribution in [-0.2, 0) is 14.4 Å². The van der Waals surface area contributed by atoms with Crippen LogP contribution in [0.3, 0.4) is 0 Å². The molecule has 114 valence electrons. The fraction of sp³-hybridized carbons (Fsp3) is 0.786. The van der Waals surface area contributed by atoms with Crippen LogP contribution in [0.2, 0.25) is 0 Å². The smallest absolute Gasteiger partial charge is 0.245 e. The van der Waals surface area contributed by atoms with E-state index in [2.05, 4.69) is 0 Å². The van der Waals surface area contributed by atoms with E-state index in [0.29, 0.717) is 13.0 Å². The summed E-state index contributed by atoms with van der Waals surface area (Å²) in [6.07, 6.45) is 1.44. The second kappa shape index (κ2) is 5.81. The molecule has 0 saturated carbocycles. The highest BCUT2D eigenvalue weighted by atomic mass is 16.2. The van der Waals surface area contributed by atoms with E-state index in [1.807, 2.05) is 20.8 Å². The number of nitrogens with two attached hydrogens (primary N) is 1. The molecule has 6 nitrogen and oxygen atoms in total. The Morgan fingerprint density at radius 2 is 1.85 bits per heavy atom. The van der Waals surface area contributed by atoms with Crippen molar-refractivity contribution in [1.82, 2.24) is 9.80 Å². The Morgan fingerprint density at radius 3 is 2.30 bits per heavy atom. The lowest BCUT2D eigenvalue weighted by Gasteiger charge is -2.33. The van der Waals surface area contributed by atoms with Crippen molar-refractivity contribution >= 4 is 17.7 Å². The standard InChI is InChI=1S/C14H25N3O3/c1-9(11(15)18)16(5)12(19)10-7-6-8-17(10)13(20)14(2,3)4/h9-10H,6-8H2,1-5H3,(H2,15,18)/t9-,10+/m1/s1. The van der Waals surface area contributed by atoms with Crippen molar-refractivity contribution in [3.05, 3.63) is 0 Å². The second-order valence-electron chi connectivity index (χ2n) is 6.43. The molecule has 1 saturated heterocycles. The maximum atomic E-state index is 12.5. The topological polar surface area (TPSA) is 83.7 Å². The average molecular weight is 283 g/mol. The van der Waals surface area contributed by atoms with E-state index in [1.54, 1.807) is 18.9 Å². The van der Waals surface area contributed by atoms with Crippen LogP contribution < -0.4 is 5.73 Å². The van der Waals surface area contributed by atoms with Crippen LogP contribution in [0.5, 0.6) is 0 Å². The highest BCUT2D eigenvalue weighted by molar-refractivity contribution is 5.92. The summed E-state index contributed by atoms with van der Waals surface area (Å²) >= 11 is 0. The molecule has 0 aliphatic carbocycles. The minimum Gasteiger partial charge on any atom is -0.368 e. The van der Waals surface area contributed by atoms with Gasteiger partial charge in [-0.05, 0) is 19.8 Å². The van der Waals surface area contributed by atoms with Crippen molar-refractivity contribution in [3.8, 4) is 0 Å². The highest BCUT2D eigenvalue weighted by Gasteiger charge is 2.40. The Kier molecular flexibility index (Phi) is 4.78. The number of hydrogen-bond donors (Lipinski definition) is 1. The Morgan fingerprint density at radius 1 is 1.30 bits per heavy atom. The summed E-state index contributed by atoms with van der Waals surface area (Å²) in [6, 6.07) is -1.15. The zero-order valence-corrected chi connectivity index (χ0v) is 13.0. The summed E-state index contributed by atoms with van der Waals surface area (Å²) in [5, 5.41) is 0. The number of carbonyl (C=O) groups excluding carboxylic acids is 3. The minimum absolute atomic E-state index is 0.0338. The second-order valence-corrected chi connectivity index (χ2v) is 6.43. The average Bonchev–Trinajstić information content (AvgIpc) is 2.82. The van der Waals surface area contributed by atoms with Gasteiger partial charge in [0.25, 0.3) is 0 Å². The van der Waals surface area contributed by atoms with Gasteiger partial charge in [0.1, 0.15) is 12.1 Å². The molecule has 1 fully saturated rings. The van der Waals surface area contributed by atoms with E-state index in [4.69, 9.17) is 5.73 Å². The summed E-state index contributed by atoms with van der Waals surface area (Å²) in [7, 11) is 1.55. The lowest BCUT2D eigenvalue weighted by atomic mass is 9.94. The van der Waals surface area contributed by atoms with Crippen molar-refractivity contribution in [3.63, 3.8) is 0 Å². The number of rotatable bonds is 3. The van der Waals surface area contributed by atoms with Crippen LogP contribution >= 0.6 is 0 Å². The first-order valence-electron chi connectivity index (χ1n) is 6.94. The predicted molar refractivity (Wildman–Crippen MR) is 75.6 cm³/mol. The minimum atomic E-state index is -0.672. The quantitative estimate of drug-likeness (QED) is 0.811. The molecular formula is C14H25N3O3. The van der Waals surface area contributed by atoms with Crippen LogP contribution in [0.1, 0.15) is 40.5 Å². The van der Waals surface area contributed by atoms with E-state index in [-0.39, 0.29) is 11.8 Å². The Hall–Kier alpha value is -1.59. The number of likely N-dealkylation sites (tertiary alicyclic amines) is 1. The maximum Gasteiger partial charge on any atom is 0.245 e. The Bertz CT molecular complexity index is 414. The van der Waals surface area contributed by atoms with Crippen LogP contribution in [0, 0.1) is 5.41 Å². The van der Waals surface area contributed by atoms with Crippen molar-refractivity contribution in [1.29, 1.82) is 0 Å². The molecule has 2 atom stereocenters. The first-order valence-corrected chi connectivity index (χ1v) is 6.94. The summed E-state index contributed by atoms with van der Waals surface area (Å²) < 4.78 is 0. The maximum absolute atomic E-state index is 12.5. The van der Waals surface area contributed by atoms with Crippen LogP contribution in [0.15, 0.2) is 0 Å². The van der Waals surface area contributed by atoms with Gasteiger partial charge in [-0.2, -0.15) is 0 Å². The van der Waals surface area contributed by atoms with E-state index < -0.39 is 23.4 Å². The third kappa shape index (κ3) is 3.29. The van der Waals surface area contributed by atoms with Gasteiger partial charge in [-0.1, -0.05) is 20.8 Å². The molecule has 2 N–H and O–H groups in total. The van der Waals surface area contributed by atoms with Crippen molar-refractivity contribution in [2.75, 3.05) is 13.6 Å². The summed E-state index contributed by atoms with van der Waals surface area (Å²) in [4.78, 5) is 39.0. The number of carbonyl (C=O) groups is 3. The van der Waals surface area contributed by atoms with Gasteiger partial charge < -0.3 is 15.5 Å². The molecular weight excluding hydrogens is 258 g/mol. The van der Waals surface area contributed by atoms with Crippen LogP contribution in [0.4, 0.5) is 0 Å². The molecule has 1 aliphatic rings. The molecule has 0 radical (unpaired) electrons. The Balaban J connectivity index is 2.87. The van der Waals surface area contributed by atoms with E-state index in [0.717, 1.165) is 6.42 Å². The van der Waals surface area contributed by atoms with Gasteiger partial charge in [0, 0.05) is 19.0 Å². The molecule has 3 amide bonds.